The summed E-state index contributed by atoms with van der Waals surface area (Å²) in [7, 11) is 0. The van der Waals surface area contributed by atoms with E-state index in [0.717, 1.165) is 38.4 Å². The van der Waals surface area contributed by atoms with Crippen molar-refractivity contribution < 1.29 is 9.18 Å². The highest BCUT2D eigenvalue weighted by atomic mass is 79.9. The molecule has 3 rings (SSSR count). The Morgan fingerprint density at radius 2 is 1.95 bits per heavy atom. The second kappa shape index (κ2) is 7.75. The van der Waals surface area contributed by atoms with E-state index in [1.807, 2.05) is 4.90 Å². The number of benzene rings is 1. The Hall–Kier alpha value is -0.650. The van der Waals surface area contributed by atoms with E-state index < -0.39 is 0 Å². The summed E-state index contributed by atoms with van der Waals surface area (Å²) in [6.07, 6.45) is 4.69. The largest absolute Gasteiger partial charge is 0.339 e. The quantitative estimate of drug-likeness (QED) is 0.850. The number of nitrogens with one attached hydrogen (secondary N) is 1. The minimum Gasteiger partial charge on any atom is -0.339 e. The average Bonchev–Trinajstić information content (AvgIpc) is 3.32. The number of halogens is 3. The lowest BCUT2D eigenvalue weighted by atomic mass is 10.0. The van der Waals surface area contributed by atoms with Gasteiger partial charge < -0.3 is 10.2 Å². The number of likely N-dealkylation sites (tertiary alicyclic amines) is 1. The zero-order valence-corrected chi connectivity index (χ0v) is 14.8. The van der Waals surface area contributed by atoms with Gasteiger partial charge in [-0.15, -0.1) is 12.4 Å². The van der Waals surface area contributed by atoms with Gasteiger partial charge in [0.2, 0.25) is 0 Å². The molecule has 0 spiro atoms. The van der Waals surface area contributed by atoms with Gasteiger partial charge in [-0.25, -0.2) is 4.39 Å². The molecule has 0 aromatic heterocycles. The Labute approximate surface area is 145 Å². The van der Waals surface area contributed by atoms with Crippen molar-refractivity contribution >= 4 is 34.2 Å². The van der Waals surface area contributed by atoms with E-state index in [4.69, 9.17) is 0 Å². The number of nitrogens with zero attached hydrogens (tertiary/aromatic N) is 1. The number of hydrogen-bond acceptors (Lipinski definition) is 2. The third-order valence-electron chi connectivity index (χ3n) is 4.34. The zero-order chi connectivity index (χ0) is 14.8. The highest BCUT2D eigenvalue weighted by molar-refractivity contribution is 9.10. The molecule has 2 aliphatic rings. The smallest absolute Gasteiger partial charge is 0.253 e. The van der Waals surface area contributed by atoms with E-state index in [0.29, 0.717) is 16.1 Å². The van der Waals surface area contributed by atoms with Gasteiger partial charge in [-0.2, -0.15) is 0 Å². The van der Waals surface area contributed by atoms with Crippen molar-refractivity contribution in [1.29, 1.82) is 0 Å². The Morgan fingerprint density at radius 1 is 1.27 bits per heavy atom. The van der Waals surface area contributed by atoms with Crippen LogP contribution in [0.2, 0.25) is 0 Å². The van der Waals surface area contributed by atoms with E-state index in [9.17, 15) is 9.18 Å². The summed E-state index contributed by atoms with van der Waals surface area (Å²) < 4.78 is 13.9. The molecular formula is C16H21BrClFN2O. The van der Waals surface area contributed by atoms with Crippen LogP contribution in [0.5, 0.6) is 0 Å². The van der Waals surface area contributed by atoms with Crippen molar-refractivity contribution in [3.05, 3.63) is 34.1 Å². The van der Waals surface area contributed by atoms with E-state index in [2.05, 4.69) is 21.2 Å². The molecule has 122 valence electrons. The summed E-state index contributed by atoms with van der Waals surface area (Å²) in [6, 6.07) is 5.10. The van der Waals surface area contributed by atoms with Gasteiger partial charge in [0, 0.05) is 24.7 Å². The monoisotopic (exact) mass is 390 g/mol. The van der Waals surface area contributed by atoms with Gasteiger partial charge in [-0.3, -0.25) is 4.79 Å². The summed E-state index contributed by atoms with van der Waals surface area (Å²) >= 11 is 3.11. The summed E-state index contributed by atoms with van der Waals surface area (Å²) in [5, 5.41) is 3.60. The lowest BCUT2D eigenvalue weighted by Crippen LogP contribution is -2.45. The third kappa shape index (κ3) is 4.43. The van der Waals surface area contributed by atoms with Gasteiger partial charge in [0.05, 0.1) is 4.47 Å². The van der Waals surface area contributed by atoms with E-state index in [1.165, 1.54) is 18.9 Å². The second-order valence-corrected chi connectivity index (χ2v) is 6.90. The molecule has 3 nitrogen and oxygen atoms in total. The van der Waals surface area contributed by atoms with Crippen LogP contribution < -0.4 is 5.32 Å². The molecule has 1 aromatic rings. The normalized spacial score (nSPS) is 18.9. The molecule has 2 fully saturated rings. The zero-order valence-electron chi connectivity index (χ0n) is 12.4. The Balaban J connectivity index is 0.00000176. The van der Waals surface area contributed by atoms with Crippen LogP contribution >= 0.6 is 28.3 Å². The fraction of sp³-hybridized carbons (Fsp3) is 0.562. The van der Waals surface area contributed by atoms with Crippen LogP contribution in [0.15, 0.2) is 22.7 Å². The van der Waals surface area contributed by atoms with Crippen LogP contribution in [-0.2, 0) is 0 Å². The fourth-order valence-electron chi connectivity index (χ4n) is 2.75. The lowest BCUT2D eigenvalue weighted by Gasteiger charge is -2.32. The van der Waals surface area contributed by atoms with Gasteiger partial charge in [-0.1, -0.05) is 0 Å². The molecule has 1 amide bonds. The molecule has 1 heterocycles. The number of rotatable bonds is 4. The van der Waals surface area contributed by atoms with Crippen molar-refractivity contribution in [2.24, 2.45) is 5.92 Å². The summed E-state index contributed by atoms with van der Waals surface area (Å²) in [5.41, 5.74) is 0.431. The number of carbonyl (C=O) groups is 1. The Bertz CT molecular complexity index is 531. The second-order valence-electron chi connectivity index (χ2n) is 6.05. The van der Waals surface area contributed by atoms with Gasteiger partial charge in [-0.05, 0) is 72.3 Å². The molecule has 0 unspecified atom stereocenters. The molecule has 0 bridgehead atoms. The summed E-state index contributed by atoms with van der Waals surface area (Å²) in [6.45, 7) is 2.62. The first-order chi connectivity index (χ1) is 10.1. The number of hydrogen-bond donors (Lipinski definition) is 1. The van der Waals surface area contributed by atoms with Crippen LogP contribution in [-0.4, -0.2) is 36.5 Å². The van der Waals surface area contributed by atoms with E-state index >= 15 is 0 Å². The summed E-state index contributed by atoms with van der Waals surface area (Å²) in [5.74, 6) is 0.430. The molecule has 0 atom stereocenters. The first kappa shape index (κ1) is 17.7. The predicted octanol–water partition coefficient (Wildman–Crippen LogP) is 3.61. The fourth-order valence-corrected chi connectivity index (χ4v) is 3.00. The van der Waals surface area contributed by atoms with Gasteiger partial charge in [0.15, 0.2) is 0 Å². The predicted molar refractivity (Wildman–Crippen MR) is 91.0 cm³/mol. The van der Waals surface area contributed by atoms with Crippen molar-refractivity contribution in [3.8, 4) is 0 Å². The van der Waals surface area contributed by atoms with E-state index in [1.54, 1.807) is 12.1 Å². The van der Waals surface area contributed by atoms with Crippen molar-refractivity contribution in [3.63, 3.8) is 0 Å². The maximum atomic E-state index is 13.5. The summed E-state index contributed by atoms with van der Waals surface area (Å²) in [4.78, 5) is 14.2. The SMILES string of the molecule is Cl.O=C(c1ccc(Br)c(F)c1)N1CCC(NCC2CC2)CC1. The van der Waals surface area contributed by atoms with Crippen LogP contribution in [0.4, 0.5) is 4.39 Å². The standard InChI is InChI=1S/C16H20BrFN2O.ClH/c17-14-4-3-12(9-15(14)18)16(21)20-7-5-13(6-8-20)19-10-11-1-2-11;/h3-4,9,11,13,19H,1-2,5-8,10H2;1H. The molecule has 1 aliphatic carbocycles. The van der Waals surface area contributed by atoms with Crippen molar-refractivity contribution in [2.75, 3.05) is 19.6 Å². The maximum absolute atomic E-state index is 13.5. The van der Waals surface area contributed by atoms with Crippen LogP contribution in [0.1, 0.15) is 36.0 Å². The highest BCUT2D eigenvalue weighted by Crippen LogP contribution is 2.28. The molecule has 1 saturated carbocycles. The molecule has 1 aliphatic heterocycles. The first-order valence-corrected chi connectivity index (χ1v) is 8.40. The van der Waals surface area contributed by atoms with E-state index in [-0.39, 0.29) is 24.1 Å². The first-order valence-electron chi connectivity index (χ1n) is 7.61. The molecule has 22 heavy (non-hydrogen) atoms. The molecular weight excluding hydrogens is 371 g/mol. The minimum atomic E-state index is -0.387. The molecule has 1 aromatic carbocycles. The minimum absolute atomic E-state index is 0. The van der Waals surface area contributed by atoms with Crippen molar-refractivity contribution in [2.45, 2.75) is 31.7 Å². The molecule has 6 heteroatoms. The highest BCUT2D eigenvalue weighted by Gasteiger charge is 2.26. The van der Waals surface area contributed by atoms with Crippen LogP contribution in [0.25, 0.3) is 0 Å². The van der Waals surface area contributed by atoms with Gasteiger partial charge in [0.1, 0.15) is 5.82 Å². The van der Waals surface area contributed by atoms with Crippen LogP contribution in [0, 0.1) is 11.7 Å². The molecule has 1 N–H and O–H groups in total. The number of piperidine rings is 1. The topological polar surface area (TPSA) is 32.3 Å². The lowest BCUT2D eigenvalue weighted by molar-refractivity contribution is 0.0704. The average molecular weight is 392 g/mol. The molecule has 0 radical (unpaired) electrons. The Morgan fingerprint density at radius 3 is 2.55 bits per heavy atom. The Kier molecular flexibility index (Phi) is 6.24. The maximum Gasteiger partial charge on any atom is 0.253 e. The third-order valence-corrected chi connectivity index (χ3v) is 4.98. The van der Waals surface area contributed by atoms with Gasteiger partial charge in [0.25, 0.3) is 5.91 Å². The number of carbonyl (C=O) groups excluding carboxylic acids is 1. The molecule has 1 saturated heterocycles. The van der Waals surface area contributed by atoms with Gasteiger partial charge >= 0.3 is 0 Å². The van der Waals surface area contributed by atoms with Crippen molar-refractivity contribution in [1.82, 2.24) is 10.2 Å². The van der Waals surface area contributed by atoms with Crippen LogP contribution in [0.3, 0.4) is 0 Å². The number of amides is 1.